The van der Waals surface area contributed by atoms with Crippen molar-refractivity contribution in [1.29, 1.82) is 0 Å². The molecule has 5 heteroatoms. The van der Waals surface area contributed by atoms with Crippen LogP contribution in [0.4, 0.5) is 0 Å². The molecule has 1 aromatic heterocycles. The summed E-state index contributed by atoms with van der Waals surface area (Å²) < 4.78 is 0. The molecule has 1 aliphatic rings. The molecule has 122 valence electrons. The first-order valence-corrected chi connectivity index (χ1v) is 8.17. The zero-order valence-corrected chi connectivity index (χ0v) is 14.2. The van der Waals surface area contributed by atoms with Gasteiger partial charge in [-0.25, -0.2) is 4.98 Å². The summed E-state index contributed by atoms with van der Waals surface area (Å²) in [4.78, 5) is 22.1. The van der Waals surface area contributed by atoms with E-state index in [2.05, 4.69) is 34.0 Å². The average molecular weight is 304 g/mol. The Morgan fingerprint density at radius 2 is 2.27 bits per heavy atom. The lowest BCUT2D eigenvalue weighted by Crippen LogP contribution is -2.30. The van der Waals surface area contributed by atoms with E-state index in [0.717, 1.165) is 56.1 Å². The summed E-state index contributed by atoms with van der Waals surface area (Å²) in [5, 5.41) is 3.00. The molecule has 1 aromatic rings. The van der Waals surface area contributed by atoms with Crippen LogP contribution in [-0.2, 0) is 17.8 Å². The number of allylic oxidation sites excluding steroid dienone is 1. The van der Waals surface area contributed by atoms with Gasteiger partial charge < -0.3 is 10.3 Å². The van der Waals surface area contributed by atoms with Gasteiger partial charge in [-0.05, 0) is 39.7 Å². The highest BCUT2D eigenvalue weighted by Crippen LogP contribution is 2.19. The van der Waals surface area contributed by atoms with E-state index >= 15 is 0 Å². The summed E-state index contributed by atoms with van der Waals surface area (Å²) in [6.07, 6.45) is 3.74. The highest BCUT2D eigenvalue weighted by molar-refractivity contribution is 5.87. The lowest BCUT2D eigenvalue weighted by Gasteiger charge is -2.15. The van der Waals surface area contributed by atoms with E-state index in [9.17, 15) is 4.79 Å². The Kier molecular flexibility index (Phi) is 5.77. The molecule has 0 aromatic carbocycles. The van der Waals surface area contributed by atoms with Gasteiger partial charge in [-0.1, -0.05) is 12.5 Å². The van der Waals surface area contributed by atoms with Gasteiger partial charge in [-0.15, -0.1) is 0 Å². The number of carbonyl (C=O) groups excluding carboxylic acids is 1. The van der Waals surface area contributed by atoms with Crippen LogP contribution in [0.15, 0.2) is 11.6 Å². The van der Waals surface area contributed by atoms with Crippen LogP contribution in [0.3, 0.4) is 0 Å². The van der Waals surface area contributed by atoms with Crippen molar-refractivity contribution in [2.24, 2.45) is 5.92 Å². The summed E-state index contributed by atoms with van der Waals surface area (Å²) in [5.41, 5.74) is 3.37. The molecule has 0 radical (unpaired) electrons. The van der Waals surface area contributed by atoms with E-state index in [1.165, 1.54) is 5.69 Å². The van der Waals surface area contributed by atoms with Gasteiger partial charge in [-0.2, -0.15) is 0 Å². The second-order valence-electron chi connectivity index (χ2n) is 6.47. The summed E-state index contributed by atoms with van der Waals surface area (Å²) in [6, 6.07) is 0. The van der Waals surface area contributed by atoms with Gasteiger partial charge in [0, 0.05) is 37.8 Å². The molecule has 1 fully saturated rings. The molecular weight excluding hydrogens is 276 g/mol. The number of rotatable bonds is 6. The molecular formula is C17H28N4O. The molecule has 2 N–H and O–H groups in total. The number of likely N-dealkylation sites (tertiary alicyclic amines) is 1. The molecule has 1 aliphatic heterocycles. The predicted molar refractivity (Wildman–Crippen MR) is 88.5 cm³/mol. The van der Waals surface area contributed by atoms with Crippen molar-refractivity contribution in [2.45, 2.75) is 47.1 Å². The van der Waals surface area contributed by atoms with Gasteiger partial charge >= 0.3 is 0 Å². The zero-order valence-electron chi connectivity index (χ0n) is 14.2. The summed E-state index contributed by atoms with van der Waals surface area (Å²) in [7, 11) is 0. The SMILES string of the molecule is CCc1nc(CN2CC[C@H](CNC(=O)C=C(C)C)C2)c(C)[nH]1. The van der Waals surface area contributed by atoms with E-state index in [-0.39, 0.29) is 5.91 Å². The molecule has 2 rings (SSSR count). The minimum Gasteiger partial charge on any atom is -0.352 e. The van der Waals surface area contributed by atoms with Crippen LogP contribution in [0, 0.1) is 12.8 Å². The first kappa shape index (κ1) is 16.7. The van der Waals surface area contributed by atoms with Crippen LogP contribution in [-0.4, -0.2) is 40.4 Å². The lowest BCUT2D eigenvalue weighted by atomic mass is 10.1. The number of hydrogen-bond donors (Lipinski definition) is 2. The quantitative estimate of drug-likeness (QED) is 0.792. The summed E-state index contributed by atoms with van der Waals surface area (Å²) >= 11 is 0. The molecule has 2 heterocycles. The number of imidazole rings is 1. The van der Waals surface area contributed by atoms with Crippen molar-refractivity contribution in [3.63, 3.8) is 0 Å². The minimum atomic E-state index is 0.0224. The van der Waals surface area contributed by atoms with Crippen LogP contribution >= 0.6 is 0 Å². The van der Waals surface area contributed by atoms with Crippen molar-refractivity contribution < 1.29 is 4.79 Å². The maximum absolute atomic E-state index is 11.6. The lowest BCUT2D eigenvalue weighted by molar-refractivity contribution is -0.116. The van der Waals surface area contributed by atoms with Crippen LogP contribution in [0.5, 0.6) is 0 Å². The second kappa shape index (κ2) is 7.58. The van der Waals surface area contributed by atoms with Crippen molar-refractivity contribution in [3.05, 3.63) is 28.9 Å². The highest BCUT2D eigenvalue weighted by atomic mass is 16.1. The molecule has 0 aliphatic carbocycles. The smallest absolute Gasteiger partial charge is 0.243 e. The van der Waals surface area contributed by atoms with Crippen molar-refractivity contribution in [3.8, 4) is 0 Å². The standard InChI is InChI=1S/C17H28N4O/c1-5-16-19-13(4)15(20-16)11-21-7-6-14(10-21)9-18-17(22)8-12(2)3/h8,14H,5-7,9-11H2,1-4H3,(H,18,22)(H,19,20)/t14-/m1/s1. The Hall–Kier alpha value is -1.62. The third kappa shape index (κ3) is 4.70. The van der Waals surface area contributed by atoms with E-state index in [4.69, 9.17) is 0 Å². The third-order valence-corrected chi connectivity index (χ3v) is 4.10. The highest BCUT2D eigenvalue weighted by Gasteiger charge is 2.23. The molecule has 0 unspecified atom stereocenters. The zero-order chi connectivity index (χ0) is 16.1. The van der Waals surface area contributed by atoms with Gasteiger partial charge in [0.1, 0.15) is 5.82 Å². The van der Waals surface area contributed by atoms with Crippen molar-refractivity contribution in [2.75, 3.05) is 19.6 Å². The second-order valence-corrected chi connectivity index (χ2v) is 6.47. The summed E-state index contributed by atoms with van der Waals surface area (Å²) in [6.45, 7) is 11.9. The van der Waals surface area contributed by atoms with Gasteiger partial charge in [0.05, 0.1) is 5.69 Å². The molecule has 1 atom stereocenters. The first-order valence-electron chi connectivity index (χ1n) is 8.17. The Labute approximate surface area is 133 Å². The van der Waals surface area contributed by atoms with E-state index in [1.54, 1.807) is 6.08 Å². The van der Waals surface area contributed by atoms with Gasteiger partial charge in [0.15, 0.2) is 0 Å². The number of nitrogens with zero attached hydrogens (tertiary/aromatic N) is 2. The fourth-order valence-corrected chi connectivity index (χ4v) is 2.88. The maximum atomic E-state index is 11.6. The van der Waals surface area contributed by atoms with Crippen LogP contribution in [0.1, 0.15) is 44.4 Å². The first-order chi connectivity index (χ1) is 10.5. The third-order valence-electron chi connectivity index (χ3n) is 4.10. The van der Waals surface area contributed by atoms with Crippen LogP contribution < -0.4 is 5.32 Å². The van der Waals surface area contributed by atoms with Gasteiger partial charge in [0.2, 0.25) is 5.91 Å². The van der Waals surface area contributed by atoms with Crippen LogP contribution in [0.2, 0.25) is 0 Å². The number of carbonyl (C=O) groups is 1. The summed E-state index contributed by atoms with van der Waals surface area (Å²) in [5.74, 6) is 1.63. The molecule has 22 heavy (non-hydrogen) atoms. The Morgan fingerprint density at radius 3 is 2.91 bits per heavy atom. The van der Waals surface area contributed by atoms with Gasteiger partial charge in [0.25, 0.3) is 0 Å². The molecule has 0 saturated carbocycles. The topological polar surface area (TPSA) is 61.0 Å². The fourth-order valence-electron chi connectivity index (χ4n) is 2.88. The van der Waals surface area contributed by atoms with Crippen LogP contribution in [0.25, 0.3) is 0 Å². The number of H-pyrrole nitrogens is 1. The number of aromatic amines is 1. The molecule has 5 nitrogen and oxygen atoms in total. The van der Waals surface area contributed by atoms with E-state index < -0.39 is 0 Å². The van der Waals surface area contributed by atoms with E-state index in [0.29, 0.717) is 5.92 Å². The molecule has 0 spiro atoms. The largest absolute Gasteiger partial charge is 0.352 e. The molecule has 0 bridgehead atoms. The fraction of sp³-hybridized carbons (Fsp3) is 0.647. The number of amides is 1. The van der Waals surface area contributed by atoms with Crippen molar-refractivity contribution >= 4 is 5.91 Å². The van der Waals surface area contributed by atoms with E-state index in [1.807, 2.05) is 13.8 Å². The Balaban J connectivity index is 1.79. The predicted octanol–water partition coefficient (Wildman–Crippen LogP) is 2.18. The van der Waals surface area contributed by atoms with Crippen molar-refractivity contribution in [1.82, 2.24) is 20.2 Å². The number of nitrogens with one attached hydrogen (secondary N) is 2. The number of hydrogen-bond acceptors (Lipinski definition) is 3. The monoisotopic (exact) mass is 304 g/mol. The normalized spacial score (nSPS) is 18.5. The number of aryl methyl sites for hydroxylation is 2. The van der Waals surface area contributed by atoms with Gasteiger partial charge in [-0.3, -0.25) is 9.69 Å². The molecule has 1 saturated heterocycles. The molecule has 1 amide bonds. The minimum absolute atomic E-state index is 0.0224. The maximum Gasteiger partial charge on any atom is 0.243 e. The Bertz CT molecular complexity index is 543. The Morgan fingerprint density at radius 1 is 1.50 bits per heavy atom. The average Bonchev–Trinajstić information content (AvgIpc) is 3.03. The number of aromatic nitrogens is 2.